The summed E-state index contributed by atoms with van der Waals surface area (Å²) in [5, 5.41) is 8.75. The molecule has 0 aliphatic heterocycles. The molecule has 0 amide bonds. The van der Waals surface area contributed by atoms with E-state index in [1.807, 2.05) is 0 Å². The van der Waals surface area contributed by atoms with Crippen LogP contribution in [-0.2, 0) is 20.5 Å². The van der Waals surface area contributed by atoms with Gasteiger partial charge in [0.25, 0.3) is 0 Å². The number of nitrogens with zero attached hydrogens (tertiary/aromatic N) is 2. The number of hydrogen-bond acceptors (Lipinski definition) is 6. The van der Waals surface area contributed by atoms with Crippen molar-refractivity contribution in [3.63, 3.8) is 0 Å². The van der Waals surface area contributed by atoms with Crippen LogP contribution in [0, 0.1) is 18.3 Å². The fourth-order valence-corrected chi connectivity index (χ4v) is 2.42. The van der Waals surface area contributed by atoms with Crippen molar-refractivity contribution in [3.8, 4) is 6.07 Å². The number of rotatable bonds is 5. The molecule has 0 saturated heterocycles. The zero-order valence-corrected chi connectivity index (χ0v) is 12.5. The molecule has 0 atom stereocenters. The fraction of sp³-hybridized carbons (Fsp3) is 0.385. The van der Waals surface area contributed by atoms with E-state index in [2.05, 4.69) is 9.72 Å². The van der Waals surface area contributed by atoms with Gasteiger partial charge in [-0.25, -0.2) is 4.98 Å². The van der Waals surface area contributed by atoms with Crippen molar-refractivity contribution in [1.29, 1.82) is 5.26 Å². The predicted octanol–water partition coefficient (Wildman–Crippen LogP) is 2.50. The quantitative estimate of drug-likeness (QED) is 0.468. The molecule has 0 aliphatic rings. The number of aryl methyl sites for hydroxylation is 1. The lowest BCUT2D eigenvalue weighted by molar-refractivity contribution is -0.143. The Morgan fingerprint density at radius 2 is 2.09 bits per heavy atom. The summed E-state index contributed by atoms with van der Waals surface area (Å²) in [6.07, 6.45) is -5.17. The number of ether oxygens (including phenoxy) is 1. The van der Waals surface area contributed by atoms with Crippen molar-refractivity contribution in [2.75, 3.05) is 12.9 Å². The highest BCUT2D eigenvalue weighted by Crippen LogP contribution is 2.35. The summed E-state index contributed by atoms with van der Waals surface area (Å²) in [6, 6.07) is 2.24. The molecule has 9 heteroatoms. The highest BCUT2D eigenvalue weighted by atomic mass is 32.2. The molecule has 0 aliphatic carbocycles. The SMILES string of the molecule is COC(=O)CC(=O)CSc1nc(C)cc(C(F)(F)F)c1C#N. The van der Waals surface area contributed by atoms with Gasteiger partial charge in [-0.3, -0.25) is 9.59 Å². The maximum atomic E-state index is 12.9. The third-order valence-electron chi connectivity index (χ3n) is 2.47. The Hall–Kier alpha value is -2.08. The summed E-state index contributed by atoms with van der Waals surface area (Å²) in [4.78, 5) is 26.3. The third kappa shape index (κ3) is 4.73. The van der Waals surface area contributed by atoms with Crippen molar-refractivity contribution in [2.45, 2.75) is 24.5 Å². The second kappa shape index (κ2) is 7.26. The van der Waals surface area contributed by atoms with Crippen molar-refractivity contribution in [1.82, 2.24) is 4.98 Å². The van der Waals surface area contributed by atoms with E-state index in [0.29, 0.717) is 11.8 Å². The molecular weight excluding hydrogens is 321 g/mol. The van der Waals surface area contributed by atoms with Crippen molar-refractivity contribution in [3.05, 3.63) is 22.9 Å². The first kappa shape index (κ1) is 18.0. The standard InChI is InChI=1S/C13H11F3N2O3S/c1-7-3-10(13(14,15)16)9(5-17)12(18-7)22-6-8(19)4-11(20)21-2/h3H,4,6H2,1-2H3. The molecular formula is C13H11F3N2O3S. The summed E-state index contributed by atoms with van der Waals surface area (Å²) in [5.41, 5.74) is -1.64. The molecule has 0 N–H and O–H groups in total. The number of pyridine rings is 1. The molecule has 1 heterocycles. The van der Waals surface area contributed by atoms with Gasteiger partial charge in [0.05, 0.1) is 24.0 Å². The van der Waals surface area contributed by atoms with Crippen LogP contribution in [0.5, 0.6) is 0 Å². The average Bonchev–Trinajstić information content (AvgIpc) is 2.43. The van der Waals surface area contributed by atoms with Crippen LogP contribution in [0.2, 0.25) is 0 Å². The van der Waals surface area contributed by atoms with E-state index in [9.17, 15) is 22.8 Å². The number of ketones is 1. The van der Waals surface area contributed by atoms with Crippen molar-refractivity contribution >= 4 is 23.5 Å². The highest BCUT2D eigenvalue weighted by molar-refractivity contribution is 8.00. The number of hydrogen-bond donors (Lipinski definition) is 0. The summed E-state index contributed by atoms with van der Waals surface area (Å²) in [5.74, 6) is -1.55. The number of thioether (sulfide) groups is 1. The summed E-state index contributed by atoms with van der Waals surface area (Å²) >= 11 is 0.686. The van der Waals surface area contributed by atoms with Gasteiger partial charge in [0.1, 0.15) is 17.5 Å². The summed E-state index contributed by atoms with van der Waals surface area (Å²) in [6.45, 7) is 1.36. The molecule has 0 bridgehead atoms. The molecule has 0 saturated carbocycles. The first-order valence-electron chi connectivity index (χ1n) is 5.89. The molecule has 1 aromatic rings. The van der Waals surface area contributed by atoms with Crippen LogP contribution in [0.15, 0.2) is 11.1 Å². The van der Waals surface area contributed by atoms with Gasteiger partial charge in [-0.1, -0.05) is 11.8 Å². The van der Waals surface area contributed by atoms with Gasteiger partial charge in [-0.15, -0.1) is 0 Å². The molecule has 1 aromatic heterocycles. The number of alkyl halides is 3. The average molecular weight is 332 g/mol. The third-order valence-corrected chi connectivity index (χ3v) is 3.51. The van der Waals surface area contributed by atoms with E-state index in [4.69, 9.17) is 5.26 Å². The van der Waals surface area contributed by atoms with E-state index >= 15 is 0 Å². The zero-order valence-electron chi connectivity index (χ0n) is 11.7. The van der Waals surface area contributed by atoms with Crippen molar-refractivity contribution < 1.29 is 27.5 Å². The van der Waals surface area contributed by atoms with Crippen LogP contribution in [0.25, 0.3) is 0 Å². The molecule has 0 radical (unpaired) electrons. The van der Waals surface area contributed by atoms with Crippen LogP contribution >= 0.6 is 11.8 Å². The molecule has 0 aromatic carbocycles. The summed E-state index contributed by atoms with van der Waals surface area (Å²) in [7, 11) is 1.12. The number of nitriles is 1. The smallest absolute Gasteiger partial charge is 0.417 e. The van der Waals surface area contributed by atoms with Gasteiger partial charge in [0.15, 0.2) is 5.78 Å². The zero-order chi connectivity index (χ0) is 16.9. The molecule has 118 valence electrons. The minimum atomic E-state index is -4.69. The number of methoxy groups -OCH3 is 1. The van der Waals surface area contributed by atoms with Gasteiger partial charge < -0.3 is 4.74 Å². The Labute approximate surface area is 128 Å². The van der Waals surface area contributed by atoms with Gasteiger partial charge in [-0.05, 0) is 13.0 Å². The van der Waals surface area contributed by atoms with E-state index < -0.39 is 35.5 Å². The topological polar surface area (TPSA) is 80.1 Å². The number of Topliss-reactive ketones (excluding diaryl/α,β-unsaturated/α-hetero) is 1. The number of esters is 1. The molecule has 0 fully saturated rings. The van der Waals surface area contributed by atoms with Crippen LogP contribution in [0.3, 0.4) is 0 Å². The molecule has 22 heavy (non-hydrogen) atoms. The molecule has 1 rings (SSSR count). The monoisotopic (exact) mass is 332 g/mol. The van der Waals surface area contributed by atoms with Gasteiger partial charge >= 0.3 is 12.1 Å². The van der Waals surface area contributed by atoms with Gasteiger partial charge in [0, 0.05) is 5.69 Å². The van der Waals surface area contributed by atoms with Gasteiger partial charge in [-0.2, -0.15) is 18.4 Å². The van der Waals surface area contributed by atoms with Crippen LogP contribution in [0.1, 0.15) is 23.2 Å². The first-order valence-corrected chi connectivity index (χ1v) is 6.87. The second-order valence-electron chi connectivity index (χ2n) is 4.18. The Morgan fingerprint density at radius 3 is 2.59 bits per heavy atom. The Morgan fingerprint density at radius 1 is 1.45 bits per heavy atom. The highest BCUT2D eigenvalue weighted by Gasteiger charge is 2.35. The Balaban J connectivity index is 3.01. The van der Waals surface area contributed by atoms with Crippen LogP contribution in [-0.4, -0.2) is 29.6 Å². The van der Waals surface area contributed by atoms with E-state index in [1.165, 1.54) is 13.0 Å². The lowest BCUT2D eigenvalue weighted by atomic mass is 10.1. The fourth-order valence-electron chi connectivity index (χ4n) is 1.51. The maximum Gasteiger partial charge on any atom is 0.417 e. The number of carbonyl (C=O) groups is 2. The molecule has 0 spiro atoms. The lowest BCUT2D eigenvalue weighted by Gasteiger charge is -2.12. The van der Waals surface area contributed by atoms with E-state index in [1.54, 1.807) is 0 Å². The van der Waals surface area contributed by atoms with Crippen LogP contribution in [0.4, 0.5) is 13.2 Å². The minimum absolute atomic E-state index is 0.0780. The lowest BCUT2D eigenvalue weighted by Crippen LogP contribution is -2.13. The Kier molecular flexibility index (Phi) is 5.93. The second-order valence-corrected chi connectivity index (χ2v) is 5.15. The molecule has 5 nitrogen and oxygen atoms in total. The minimum Gasteiger partial charge on any atom is -0.469 e. The largest absolute Gasteiger partial charge is 0.469 e. The predicted molar refractivity (Wildman–Crippen MR) is 71.1 cm³/mol. The summed E-state index contributed by atoms with van der Waals surface area (Å²) < 4.78 is 43.0. The first-order chi connectivity index (χ1) is 10.2. The van der Waals surface area contributed by atoms with Crippen LogP contribution < -0.4 is 0 Å². The van der Waals surface area contributed by atoms with Crippen molar-refractivity contribution in [2.24, 2.45) is 0 Å². The maximum absolute atomic E-state index is 12.9. The van der Waals surface area contributed by atoms with Gasteiger partial charge in [0.2, 0.25) is 0 Å². The molecule has 0 unspecified atom stereocenters. The van der Waals surface area contributed by atoms with E-state index in [-0.39, 0.29) is 16.5 Å². The number of carbonyl (C=O) groups excluding carboxylic acids is 2. The normalized spacial score (nSPS) is 10.9. The Bertz CT molecular complexity index is 639. The van der Waals surface area contributed by atoms with E-state index in [0.717, 1.165) is 13.2 Å². The number of halogens is 3. The number of aromatic nitrogens is 1.